The molecule has 0 aromatic carbocycles. The highest BCUT2D eigenvalue weighted by molar-refractivity contribution is 9.09. The maximum atomic E-state index is 3.57. The molecule has 0 spiro atoms. The van der Waals surface area contributed by atoms with Crippen LogP contribution in [0.15, 0.2) is 0 Å². The van der Waals surface area contributed by atoms with Gasteiger partial charge in [-0.15, -0.1) is 23.5 Å². The highest BCUT2D eigenvalue weighted by atomic mass is 79.9. The second kappa shape index (κ2) is 3.37. The van der Waals surface area contributed by atoms with Gasteiger partial charge in [0.25, 0.3) is 0 Å². The van der Waals surface area contributed by atoms with Gasteiger partial charge in [-0.1, -0.05) is 15.9 Å². The molecule has 8 heavy (non-hydrogen) atoms. The Hall–Kier alpha value is 1.18. The minimum absolute atomic E-state index is 0.758. The Morgan fingerprint density at radius 3 is 2.25 bits per heavy atom. The normalized spacial score (nSPS) is 39.8. The van der Waals surface area contributed by atoms with Crippen LogP contribution in [-0.2, 0) is 0 Å². The molecule has 0 N–H and O–H groups in total. The van der Waals surface area contributed by atoms with E-state index in [2.05, 4.69) is 22.9 Å². The van der Waals surface area contributed by atoms with Crippen molar-refractivity contribution < 1.29 is 0 Å². The van der Waals surface area contributed by atoms with Crippen molar-refractivity contribution in [3.8, 4) is 0 Å². The van der Waals surface area contributed by atoms with Crippen molar-refractivity contribution in [3.63, 3.8) is 0 Å². The molecule has 0 aliphatic carbocycles. The number of hydrogen-bond acceptors (Lipinski definition) is 2. The van der Waals surface area contributed by atoms with E-state index in [1.807, 2.05) is 23.5 Å². The van der Waals surface area contributed by atoms with Gasteiger partial charge in [-0.25, -0.2) is 0 Å². The monoisotopic (exact) mass is 212 g/mol. The van der Waals surface area contributed by atoms with E-state index in [9.17, 15) is 0 Å². The van der Waals surface area contributed by atoms with Crippen molar-refractivity contribution in [2.45, 2.75) is 16.3 Å². The minimum atomic E-state index is 0.758. The third-order valence-corrected chi connectivity index (χ3v) is 5.47. The highest BCUT2D eigenvalue weighted by Gasteiger charge is 2.15. The van der Waals surface area contributed by atoms with Crippen LogP contribution in [0.4, 0.5) is 0 Å². The topological polar surface area (TPSA) is 0 Å². The molecule has 0 aromatic heterocycles. The van der Waals surface area contributed by atoms with Gasteiger partial charge in [0.05, 0.1) is 0 Å². The lowest BCUT2D eigenvalue weighted by molar-refractivity contribution is 1.14. The molecule has 1 aliphatic rings. The lowest BCUT2D eigenvalue weighted by Crippen LogP contribution is -2.14. The summed E-state index contributed by atoms with van der Waals surface area (Å²) in [6, 6.07) is 0. The fourth-order valence-corrected chi connectivity index (χ4v) is 3.69. The first-order valence-corrected chi connectivity index (χ1v) is 5.67. The van der Waals surface area contributed by atoms with Crippen LogP contribution in [0.3, 0.4) is 0 Å². The molecule has 3 heteroatoms. The summed E-state index contributed by atoms with van der Waals surface area (Å²) in [4.78, 5) is 0.758. The quantitative estimate of drug-likeness (QED) is 0.567. The van der Waals surface area contributed by atoms with Crippen molar-refractivity contribution in [1.82, 2.24) is 0 Å². The van der Waals surface area contributed by atoms with Gasteiger partial charge in [-0.2, -0.15) is 0 Å². The Bertz CT molecular complexity index is 58.8. The first-order valence-electron chi connectivity index (χ1n) is 2.66. The lowest BCUT2D eigenvalue weighted by atomic mass is 10.6. The number of rotatable bonds is 0. The highest BCUT2D eigenvalue weighted by Crippen LogP contribution is 2.32. The van der Waals surface area contributed by atoms with Crippen LogP contribution in [0.1, 0.15) is 6.92 Å². The molecule has 1 rings (SSSR count). The Balaban J connectivity index is 2.19. The SMILES string of the molecule is CC1SCC(Br)CS1. The standard InChI is InChI=1S/C5H9BrS2/c1-4-7-2-5(6)3-8-4/h4-5H,2-3H2,1H3. The van der Waals surface area contributed by atoms with Gasteiger partial charge in [0.1, 0.15) is 0 Å². The molecule has 0 amide bonds. The Morgan fingerprint density at radius 2 is 1.88 bits per heavy atom. The van der Waals surface area contributed by atoms with Gasteiger partial charge in [0.2, 0.25) is 0 Å². The van der Waals surface area contributed by atoms with Crippen molar-refractivity contribution in [2.75, 3.05) is 11.5 Å². The molecule has 1 aliphatic heterocycles. The Labute approximate surface area is 67.3 Å². The molecule has 0 atom stereocenters. The van der Waals surface area contributed by atoms with E-state index in [1.54, 1.807) is 0 Å². The summed E-state index contributed by atoms with van der Waals surface area (Å²) in [6.07, 6.45) is 0. The summed E-state index contributed by atoms with van der Waals surface area (Å²) in [5.74, 6) is 2.57. The average Bonchev–Trinajstić information content (AvgIpc) is 1.77. The maximum Gasteiger partial charge on any atom is 0.0475 e. The lowest BCUT2D eigenvalue weighted by Gasteiger charge is -2.20. The first-order chi connectivity index (χ1) is 3.79. The molecule has 0 nitrogen and oxygen atoms in total. The molecule has 1 heterocycles. The molecule has 0 saturated carbocycles. The zero-order valence-corrected chi connectivity index (χ0v) is 7.98. The first kappa shape index (κ1) is 7.29. The van der Waals surface area contributed by atoms with E-state index < -0.39 is 0 Å². The van der Waals surface area contributed by atoms with Crippen LogP contribution in [0.25, 0.3) is 0 Å². The van der Waals surface area contributed by atoms with Crippen LogP contribution in [0.5, 0.6) is 0 Å². The summed E-state index contributed by atoms with van der Waals surface area (Å²) >= 11 is 7.66. The molecule has 1 fully saturated rings. The third kappa shape index (κ3) is 2.19. The smallest absolute Gasteiger partial charge is 0.0475 e. The van der Waals surface area contributed by atoms with Gasteiger partial charge in [-0.3, -0.25) is 0 Å². The summed E-state index contributed by atoms with van der Waals surface area (Å²) in [5.41, 5.74) is 0. The second-order valence-corrected chi connectivity index (χ2v) is 6.17. The van der Waals surface area contributed by atoms with Gasteiger partial charge in [-0.05, 0) is 6.92 Å². The van der Waals surface area contributed by atoms with E-state index in [1.165, 1.54) is 11.5 Å². The second-order valence-electron chi connectivity index (χ2n) is 1.83. The molecule has 0 radical (unpaired) electrons. The summed E-state index contributed by atoms with van der Waals surface area (Å²) in [7, 11) is 0. The van der Waals surface area contributed by atoms with E-state index in [0.717, 1.165) is 9.41 Å². The van der Waals surface area contributed by atoms with E-state index in [4.69, 9.17) is 0 Å². The molecule has 1 saturated heterocycles. The van der Waals surface area contributed by atoms with E-state index in [-0.39, 0.29) is 0 Å². The average molecular weight is 213 g/mol. The van der Waals surface area contributed by atoms with Crippen LogP contribution in [-0.4, -0.2) is 20.9 Å². The fraction of sp³-hybridized carbons (Fsp3) is 1.00. The maximum absolute atomic E-state index is 3.57. The molecular weight excluding hydrogens is 204 g/mol. The van der Waals surface area contributed by atoms with E-state index in [0.29, 0.717) is 0 Å². The van der Waals surface area contributed by atoms with Crippen molar-refractivity contribution in [1.29, 1.82) is 0 Å². The van der Waals surface area contributed by atoms with Gasteiger partial charge in [0, 0.05) is 20.9 Å². The molecule has 0 bridgehead atoms. The minimum Gasteiger partial charge on any atom is -0.147 e. The number of thioether (sulfide) groups is 2. The fourth-order valence-electron chi connectivity index (χ4n) is 0.576. The molecule has 0 aromatic rings. The Kier molecular flexibility index (Phi) is 3.07. The number of halogens is 1. The Morgan fingerprint density at radius 1 is 1.38 bits per heavy atom. The predicted molar refractivity (Wildman–Crippen MR) is 47.1 cm³/mol. The third-order valence-electron chi connectivity index (χ3n) is 1.02. The van der Waals surface area contributed by atoms with Crippen molar-refractivity contribution >= 4 is 39.5 Å². The van der Waals surface area contributed by atoms with Crippen LogP contribution in [0, 0.1) is 0 Å². The summed E-state index contributed by atoms with van der Waals surface area (Å²) in [6.45, 7) is 2.27. The molecule has 48 valence electrons. The van der Waals surface area contributed by atoms with Crippen LogP contribution >= 0.6 is 39.5 Å². The van der Waals surface area contributed by atoms with E-state index >= 15 is 0 Å². The van der Waals surface area contributed by atoms with Crippen LogP contribution < -0.4 is 0 Å². The van der Waals surface area contributed by atoms with Crippen LogP contribution in [0.2, 0.25) is 0 Å². The molecular formula is C5H9BrS2. The van der Waals surface area contributed by atoms with Gasteiger partial charge >= 0.3 is 0 Å². The zero-order chi connectivity index (χ0) is 5.98. The van der Waals surface area contributed by atoms with Crippen molar-refractivity contribution in [3.05, 3.63) is 0 Å². The number of hydrogen-bond donors (Lipinski definition) is 0. The molecule has 0 unspecified atom stereocenters. The predicted octanol–water partition coefficient (Wildman–Crippen LogP) is 2.58. The van der Waals surface area contributed by atoms with Gasteiger partial charge < -0.3 is 0 Å². The zero-order valence-electron chi connectivity index (χ0n) is 4.76. The van der Waals surface area contributed by atoms with Gasteiger partial charge in [0.15, 0.2) is 0 Å². The summed E-state index contributed by atoms with van der Waals surface area (Å²) in [5, 5.41) is 0. The summed E-state index contributed by atoms with van der Waals surface area (Å²) < 4.78 is 0.823. The van der Waals surface area contributed by atoms with Crippen molar-refractivity contribution in [2.24, 2.45) is 0 Å². The largest absolute Gasteiger partial charge is 0.147 e. The number of alkyl halides is 1.